The van der Waals surface area contributed by atoms with E-state index in [1.807, 2.05) is 18.2 Å². The van der Waals surface area contributed by atoms with Gasteiger partial charge in [-0.15, -0.1) is 0 Å². The quantitative estimate of drug-likeness (QED) is 0.798. The van der Waals surface area contributed by atoms with Gasteiger partial charge in [0, 0.05) is 39.6 Å². The van der Waals surface area contributed by atoms with Crippen molar-refractivity contribution in [2.45, 2.75) is 25.8 Å². The van der Waals surface area contributed by atoms with Crippen LogP contribution >= 0.6 is 0 Å². The third kappa shape index (κ3) is 3.90. The van der Waals surface area contributed by atoms with Gasteiger partial charge in [-0.25, -0.2) is 0 Å². The molecule has 1 saturated heterocycles. The molecule has 4 rings (SSSR count). The molecule has 0 saturated carbocycles. The van der Waals surface area contributed by atoms with Crippen LogP contribution in [0.15, 0.2) is 47.3 Å². The number of piperazine rings is 1. The number of benzene rings is 1. The minimum atomic E-state index is -0.226. The van der Waals surface area contributed by atoms with Gasteiger partial charge in [0.2, 0.25) is 11.8 Å². The molecule has 1 aromatic carbocycles. The predicted molar refractivity (Wildman–Crippen MR) is 106 cm³/mol. The van der Waals surface area contributed by atoms with Crippen molar-refractivity contribution in [3.8, 4) is 0 Å². The molecule has 29 heavy (non-hydrogen) atoms. The highest BCUT2D eigenvalue weighted by molar-refractivity contribution is 5.94. The SMILES string of the molecule is CC(=O)N1CCc2ccccc2C1CC(=O)N1CCN(C(=O)c2ccoc2)CC1. The lowest BCUT2D eigenvalue weighted by Gasteiger charge is -2.39. The number of carbonyl (C=O) groups excluding carboxylic acids is 3. The van der Waals surface area contributed by atoms with Gasteiger partial charge in [-0.05, 0) is 23.6 Å². The number of fused-ring (bicyclic) bond motifs is 1. The van der Waals surface area contributed by atoms with Crippen LogP contribution in [0.3, 0.4) is 0 Å². The molecule has 3 amide bonds. The molecule has 7 nitrogen and oxygen atoms in total. The van der Waals surface area contributed by atoms with Crippen LogP contribution in [0.5, 0.6) is 0 Å². The lowest BCUT2D eigenvalue weighted by Crippen LogP contribution is -2.51. The molecule has 2 aliphatic rings. The van der Waals surface area contributed by atoms with Gasteiger partial charge >= 0.3 is 0 Å². The number of furan rings is 1. The van der Waals surface area contributed by atoms with Crippen LogP contribution < -0.4 is 0 Å². The first-order valence-electron chi connectivity index (χ1n) is 9.99. The van der Waals surface area contributed by atoms with E-state index in [1.54, 1.807) is 27.7 Å². The van der Waals surface area contributed by atoms with Crippen molar-refractivity contribution in [3.05, 3.63) is 59.5 Å². The number of hydrogen-bond acceptors (Lipinski definition) is 4. The molecule has 7 heteroatoms. The monoisotopic (exact) mass is 395 g/mol. The lowest BCUT2D eigenvalue weighted by atomic mass is 9.90. The molecule has 3 heterocycles. The Bertz CT molecular complexity index is 901. The van der Waals surface area contributed by atoms with Gasteiger partial charge in [0.1, 0.15) is 6.26 Å². The maximum atomic E-state index is 13.0. The first-order valence-corrected chi connectivity index (χ1v) is 9.99. The van der Waals surface area contributed by atoms with Gasteiger partial charge in [0.15, 0.2) is 0 Å². The highest BCUT2D eigenvalue weighted by Gasteiger charge is 2.33. The Hall–Kier alpha value is -3.09. The predicted octanol–water partition coefficient (Wildman–Crippen LogP) is 2.10. The largest absolute Gasteiger partial charge is 0.472 e. The van der Waals surface area contributed by atoms with Gasteiger partial charge < -0.3 is 19.1 Å². The van der Waals surface area contributed by atoms with Gasteiger partial charge in [-0.2, -0.15) is 0 Å². The summed E-state index contributed by atoms with van der Waals surface area (Å²) < 4.78 is 4.98. The second-order valence-corrected chi connectivity index (χ2v) is 7.57. The number of carbonyl (C=O) groups is 3. The molecule has 0 aliphatic carbocycles. The van der Waals surface area contributed by atoms with Gasteiger partial charge in [-0.3, -0.25) is 14.4 Å². The Kier molecular flexibility index (Phi) is 5.38. The van der Waals surface area contributed by atoms with E-state index < -0.39 is 0 Å². The molecule has 0 bridgehead atoms. The van der Waals surface area contributed by atoms with Crippen molar-refractivity contribution in [1.29, 1.82) is 0 Å². The highest BCUT2D eigenvalue weighted by atomic mass is 16.3. The van der Waals surface area contributed by atoms with Gasteiger partial charge in [0.05, 0.1) is 24.3 Å². The molecule has 1 aromatic heterocycles. The molecule has 1 unspecified atom stereocenters. The smallest absolute Gasteiger partial charge is 0.257 e. The Balaban J connectivity index is 1.41. The Morgan fingerprint density at radius 3 is 2.41 bits per heavy atom. The molecule has 152 valence electrons. The summed E-state index contributed by atoms with van der Waals surface area (Å²) >= 11 is 0. The molecule has 1 atom stereocenters. The van der Waals surface area contributed by atoms with Crippen molar-refractivity contribution in [2.24, 2.45) is 0 Å². The van der Waals surface area contributed by atoms with Crippen LogP contribution in [0.1, 0.15) is 40.9 Å². The van der Waals surface area contributed by atoms with Crippen LogP contribution in [0.25, 0.3) is 0 Å². The van der Waals surface area contributed by atoms with E-state index in [-0.39, 0.29) is 30.2 Å². The first-order chi connectivity index (χ1) is 14.0. The minimum absolute atomic E-state index is 0.00664. The van der Waals surface area contributed by atoms with E-state index >= 15 is 0 Å². The number of rotatable bonds is 3. The summed E-state index contributed by atoms with van der Waals surface area (Å²) in [6, 6.07) is 9.47. The van der Waals surface area contributed by atoms with E-state index in [0.717, 1.165) is 12.0 Å². The van der Waals surface area contributed by atoms with Crippen LogP contribution in [0.2, 0.25) is 0 Å². The van der Waals surface area contributed by atoms with Crippen molar-refractivity contribution >= 4 is 17.7 Å². The van der Waals surface area contributed by atoms with E-state index in [9.17, 15) is 14.4 Å². The van der Waals surface area contributed by atoms with Crippen LogP contribution in [-0.2, 0) is 16.0 Å². The minimum Gasteiger partial charge on any atom is -0.472 e. The fraction of sp³-hybridized carbons (Fsp3) is 0.409. The van der Waals surface area contributed by atoms with E-state index in [0.29, 0.717) is 38.3 Å². The summed E-state index contributed by atoms with van der Waals surface area (Å²) in [4.78, 5) is 43.0. The fourth-order valence-corrected chi connectivity index (χ4v) is 4.27. The van der Waals surface area contributed by atoms with Crippen LogP contribution in [0, 0.1) is 0 Å². The zero-order valence-electron chi connectivity index (χ0n) is 16.5. The van der Waals surface area contributed by atoms with E-state index in [2.05, 4.69) is 6.07 Å². The van der Waals surface area contributed by atoms with E-state index in [1.165, 1.54) is 18.1 Å². The highest BCUT2D eigenvalue weighted by Crippen LogP contribution is 2.32. The summed E-state index contributed by atoms with van der Waals surface area (Å²) in [5, 5.41) is 0. The molecule has 0 spiro atoms. The van der Waals surface area contributed by atoms with Gasteiger partial charge in [0.25, 0.3) is 5.91 Å². The van der Waals surface area contributed by atoms with Crippen molar-refractivity contribution in [3.63, 3.8) is 0 Å². The Morgan fingerprint density at radius 2 is 1.72 bits per heavy atom. The first kappa shape index (κ1) is 19.2. The van der Waals surface area contributed by atoms with Crippen LogP contribution in [0.4, 0.5) is 0 Å². The molecule has 0 N–H and O–H groups in total. The second-order valence-electron chi connectivity index (χ2n) is 7.57. The molecule has 0 radical (unpaired) electrons. The number of amides is 3. The van der Waals surface area contributed by atoms with Gasteiger partial charge in [-0.1, -0.05) is 24.3 Å². The topological polar surface area (TPSA) is 74.1 Å². The molecule has 2 aromatic rings. The molecule has 2 aliphatic heterocycles. The molecular weight excluding hydrogens is 370 g/mol. The summed E-state index contributed by atoms with van der Waals surface area (Å²) in [5.74, 6) is -0.0593. The Morgan fingerprint density at radius 1 is 1.00 bits per heavy atom. The molecule has 1 fully saturated rings. The van der Waals surface area contributed by atoms with Crippen molar-refractivity contribution in [2.75, 3.05) is 32.7 Å². The van der Waals surface area contributed by atoms with Crippen molar-refractivity contribution < 1.29 is 18.8 Å². The fourth-order valence-electron chi connectivity index (χ4n) is 4.27. The third-order valence-corrected chi connectivity index (χ3v) is 5.87. The normalized spacial score (nSPS) is 19.1. The third-order valence-electron chi connectivity index (χ3n) is 5.87. The Labute approximate surface area is 169 Å². The van der Waals surface area contributed by atoms with E-state index in [4.69, 9.17) is 4.42 Å². The zero-order valence-corrected chi connectivity index (χ0v) is 16.5. The van der Waals surface area contributed by atoms with Crippen molar-refractivity contribution in [1.82, 2.24) is 14.7 Å². The average Bonchev–Trinajstić information content (AvgIpc) is 3.28. The van der Waals surface area contributed by atoms with Crippen LogP contribution in [-0.4, -0.2) is 65.1 Å². The summed E-state index contributed by atoms with van der Waals surface area (Å²) in [6.07, 6.45) is 4.01. The second kappa shape index (κ2) is 8.11. The number of nitrogens with zero attached hydrogens (tertiary/aromatic N) is 3. The summed E-state index contributed by atoms with van der Waals surface area (Å²) in [7, 11) is 0. The maximum Gasteiger partial charge on any atom is 0.257 e. The summed E-state index contributed by atoms with van der Waals surface area (Å²) in [6.45, 7) is 4.18. The average molecular weight is 395 g/mol. The zero-order chi connectivity index (χ0) is 20.4. The number of hydrogen-bond donors (Lipinski definition) is 0. The molecular formula is C22H25N3O4. The standard InChI is InChI=1S/C22H25N3O4/c1-16(26)25-8-6-17-4-2-3-5-19(17)20(25)14-21(27)23-9-11-24(12-10-23)22(28)18-7-13-29-15-18/h2-5,7,13,15,20H,6,8-12,14H2,1H3. The summed E-state index contributed by atoms with van der Waals surface area (Å²) in [5.41, 5.74) is 2.80. The lowest BCUT2D eigenvalue weighted by molar-refractivity contribution is -0.137. The maximum absolute atomic E-state index is 13.0.